The van der Waals surface area contributed by atoms with E-state index in [1.54, 1.807) is 13.0 Å². The fraction of sp³-hybridized carbons (Fsp3) is 0.407. The molecule has 1 nitrogen and oxygen atoms in total. The molecule has 0 spiro atoms. The van der Waals surface area contributed by atoms with E-state index < -0.39 is 11.6 Å². The molecule has 3 unspecified atom stereocenters. The summed E-state index contributed by atoms with van der Waals surface area (Å²) in [6.07, 6.45) is 13.2. The maximum absolute atomic E-state index is 14.5. The van der Waals surface area contributed by atoms with E-state index in [0.717, 1.165) is 6.42 Å². The number of hydrogen-bond donors (Lipinski definition) is 0. The van der Waals surface area contributed by atoms with Crippen LogP contribution in [0.2, 0.25) is 0 Å². The Morgan fingerprint density at radius 3 is 2.47 bits per heavy atom. The van der Waals surface area contributed by atoms with Gasteiger partial charge in [-0.15, -0.1) is 0 Å². The molecule has 30 heavy (non-hydrogen) atoms. The zero-order valence-corrected chi connectivity index (χ0v) is 17.8. The first-order valence-corrected chi connectivity index (χ1v) is 11.2. The molecule has 0 aliphatic heterocycles. The molecule has 2 aromatic carbocycles. The third-order valence-corrected chi connectivity index (χ3v) is 6.60. The number of unbranched alkanes of at least 4 members (excludes halogenated alkanes) is 1. The lowest BCUT2D eigenvalue weighted by molar-refractivity contribution is 0.314. The van der Waals surface area contributed by atoms with Crippen LogP contribution in [0.25, 0.3) is 16.7 Å². The first-order chi connectivity index (χ1) is 14.6. The van der Waals surface area contributed by atoms with Crippen LogP contribution >= 0.6 is 0 Å². The molecule has 0 N–H and O–H groups in total. The summed E-state index contributed by atoms with van der Waals surface area (Å²) in [5.74, 6) is 0.202. The minimum absolute atomic E-state index is 0.0405. The number of fused-ring (bicyclic) bond motifs is 1. The highest BCUT2D eigenvalue weighted by atomic mass is 19.2. The van der Waals surface area contributed by atoms with Gasteiger partial charge in [-0.3, -0.25) is 0 Å². The van der Waals surface area contributed by atoms with Gasteiger partial charge in [-0.2, -0.15) is 4.39 Å². The van der Waals surface area contributed by atoms with Gasteiger partial charge in [0.2, 0.25) is 5.82 Å². The highest BCUT2D eigenvalue weighted by molar-refractivity contribution is 5.73. The van der Waals surface area contributed by atoms with Crippen molar-refractivity contribution < 1.29 is 13.5 Å². The number of benzene rings is 2. The third kappa shape index (κ3) is 3.95. The first kappa shape index (κ1) is 20.8. The van der Waals surface area contributed by atoms with E-state index in [2.05, 4.69) is 37.3 Å². The van der Waals surface area contributed by atoms with E-state index in [-0.39, 0.29) is 11.3 Å². The van der Waals surface area contributed by atoms with Gasteiger partial charge in [0, 0.05) is 5.56 Å². The summed E-state index contributed by atoms with van der Waals surface area (Å²) in [5.41, 5.74) is 3.58. The molecule has 0 radical (unpaired) electrons. The maximum Gasteiger partial charge on any atom is 0.201 e. The van der Waals surface area contributed by atoms with Crippen molar-refractivity contribution in [3.05, 3.63) is 71.8 Å². The molecule has 0 bridgehead atoms. The molecule has 4 rings (SSSR count). The lowest BCUT2D eigenvalue weighted by atomic mass is 9.86. The van der Waals surface area contributed by atoms with Crippen molar-refractivity contribution in [2.45, 2.75) is 46.0 Å². The van der Waals surface area contributed by atoms with Crippen LogP contribution in [0.5, 0.6) is 5.75 Å². The second kappa shape index (κ2) is 9.16. The SMILES string of the molecule is CCCC=CC1CCC2C(c3ccc(-c4ccc(OCC)c(F)c4F)cc3)=CCC12. The quantitative estimate of drug-likeness (QED) is 0.424. The zero-order chi connectivity index (χ0) is 21.1. The second-order valence-corrected chi connectivity index (χ2v) is 8.37. The molecule has 3 heteroatoms. The molecule has 2 aliphatic carbocycles. The molecule has 1 saturated carbocycles. The Kier molecular flexibility index (Phi) is 6.36. The number of halogens is 2. The summed E-state index contributed by atoms with van der Waals surface area (Å²) in [4.78, 5) is 0. The van der Waals surface area contributed by atoms with Gasteiger partial charge in [-0.05, 0) is 79.2 Å². The number of hydrogen-bond acceptors (Lipinski definition) is 1. The number of ether oxygens (including phenoxy) is 1. The van der Waals surface area contributed by atoms with Gasteiger partial charge in [-0.25, -0.2) is 4.39 Å². The fourth-order valence-electron chi connectivity index (χ4n) is 5.11. The van der Waals surface area contributed by atoms with Crippen LogP contribution in [-0.2, 0) is 0 Å². The van der Waals surface area contributed by atoms with E-state index in [1.165, 1.54) is 42.9 Å². The van der Waals surface area contributed by atoms with E-state index in [9.17, 15) is 8.78 Å². The van der Waals surface area contributed by atoms with Crippen LogP contribution in [0.15, 0.2) is 54.6 Å². The minimum Gasteiger partial charge on any atom is -0.491 e. The topological polar surface area (TPSA) is 9.23 Å². The van der Waals surface area contributed by atoms with Crippen molar-refractivity contribution in [3.8, 4) is 16.9 Å². The highest BCUT2D eigenvalue weighted by Crippen LogP contribution is 2.51. The van der Waals surface area contributed by atoms with Crippen molar-refractivity contribution in [1.82, 2.24) is 0 Å². The molecule has 0 amide bonds. The van der Waals surface area contributed by atoms with Crippen LogP contribution in [0.3, 0.4) is 0 Å². The van der Waals surface area contributed by atoms with Crippen LogP contribution in [0, 0.1) is 29.4 Å². The molecule has 0 heterocycles. The van der Waals surface area contributed by atoms with E-state index in [0.29, 0.717) is 29.9 Å². The molecule has 2 aliphatic rings. The van der Waals surface area contributed by atoms with Crippen molar-refractivity contribution >= 4 is 5.57 Å². The lowest BCUT2D eigenvalue weighted by Crippen LogP contribution is -2.09. The van der Waals surface area contributed by atoms with E-state index in [1.807, 2.05) is 12.1 Å². The summed E-state index contributed by atoms with van der Waals surface area (Å²) in [6.45, 7) is 4.27. The summed E-state index contributed by atoms with van der Waals surface area (Å²) >= 11 is 0. The second-order valence-electron chi connectivity index (χ2n) is 8.37. The van der Waals surface area contributed by atoms with Gasteiger partial charge in [0.1, 0.15) is 0 Å². The molecular weight excluding hydrogens is 378 g/mol. The van der Waals surface area contributed by atoms with Gasteiger partial charge in [0.15, 0.2) is 11.6 Å². The average Bonchev–Trinajstić information content (AvgIpc) is 3.35. The highest BCUT2D eigenvalue weighted by Gasteiger charge is 2.39. The van der Waals surface area contributed by atoms with Crippen LogP contribution in [0.1, 0.15) is 51.5 Å². The zero-order valence-electron chi connectivity index (χ0n) is 17.8. The molecule has 0 aromatic heterocycles. The van der Waals surface area contributed by atoms with E-state index >= 15 is 0 Å². The van der Waals surface area contributed by atoms with Crippen molar-refractivity contribution in [3.63, 3.8) is 0 Å². The summed E-state index contributed by atoms with van der Waals surface area (Å²) in [7, 11) is 0. The van der Waals surface area contributed by atoms with Crippen molar-refractivity contribution in [2.75, 3.05) is 6.61 Å². The maximum atomic E-state index is 14.5. The molecule has 2 aromatic rings. The van der Waals surface area contributed by atoms with Gasteiger partial charge in [-0.1, -0.05) is 55.8 Å². The Morgan fingerprint density at radius 2 is 1.73 bits per heavy atom. The average molecular weight is 409 g/mol. The first-order valence-electron chi connectivity index (χ1n) is 11.2. The Balaban J connectivity index is 1.51. The normalized spacial score (nSPS) is 23.1. The fourth-order valence-corrected chi connectivity index (χ4v) is 5.11. The summed E-state index contributed by atoms with van der Waals surface area (Å²) in [5, 5.41) is 0. The lowest BCUT2D eigenvalue weighted by Gasteiger charge is -2.18. The monoisotopic (exact) mass is 408 g/mol. The summed E-state index contributed by atoms with van der Waals surface area (Å²) in [6, 6.07) is 11.0. The van der Waals surface area contributed by atoms with Crippen LogP contribution in [0.4, 0.5) is 8.78 Å². The molecule has 0 saturated heterocycles. The van der Waals surface area contributed by atoms with Crippen LogP contribution in [-0.4, -0.2) is 6.61 Å². The Bertz CT molecular complexity index is 942. The number of rotatable bonds is 7. The predicted molar refractivity (Wildman–Crippen MR) is 119 cm³/mol. The Hall–Kier alpha value is -2.42. The van der Waals surface area contributed by atoms with Crippen molar-refractivity contribution in [1.29, 1.82) is 0 Å². The van der Waals surface area contributed by atoms with Gasteiger partial charge in [0.05, 0.1) is 6.61 Å². The minimum atomic E-state index is -0.923. The van der Waals surface area contributed by atoms with Crippen LogP contribution < -0.4 is 4.74 Å². The third-order valence-electron chi connectivity index (χ3n) is 6.60. The molecule has 158 valence electrons. The van der Waals surface area contributed by atoms with Gasteiger partial charge >= 0.3 is 0 Å². The standard InChI is InChI=1S/C27H30F2O/c1-3-5-6-7-18-12-13-24-21(18)14-15-22(24)19-8-10-20(11-9-19)23-16-17-25(30-4-2)27(29)26(23)28/h6-11,15-18,21,24H,3-5,12-14H2,1-2H3. The Labute approximate surface area is 178 Å². The molecular formula is C27H30F2O. The molecule has 1 fully saturated rings. The summed E-state index contributed by atoms with van der Waals surface area (Å²) < 4.78 is 33.9. The van der Waals surface area contributed by atoms with E-state index in [4.69, 9.17) is 4.74 Å². The van der Waals surface area contributed by atoms with Crippen molar-refractivity contribution in [2.24, 2.45) is 17.8 Å². The predicted octanol–water partition coefficient (Wildman–Crippen LogP) is 7.82. The van der Waals surface area contributed by atoms with Gasteiger partial charge < -0.3 is 4.74 Å². The Morgan fingerprint density at radius 1 is 0.967 bits per heavy atom. The van der Waals surface area contributed by atoms with Gasteiger partial charge in [0.25, 0.3) is 0 Å². The number of allylic oxidation sites excluding steroid dienone is 4. The molecule has 3 atom stereocenters. The smallest absolute Gasteiger partial charge is 0.201 e. The largest absolute Gasteiger partial charge is 0.491 e.